The summed E-state index contributed by atoms with van der Waals surface area (Å²) in [5.41, 5.74) is 2.28. The van der Waals surface area contributed by atoms with Gasteiger partial charge in [-0.25, -0.2) is 0 Å². The lowest BCUT2D eigenvalue weighted by Crippen LogP contribution is -2.35. The molecule has 0 saturated carbocycles. The molecular formula is C17H23N5S. The van der Waals surface area contributed by atoms with Crippen LogP contribution in [-0.2, 0) is 7.05 Å². The second-order valence-corrected chi connectivity index (χ2v) is 6.62. The first-order valence-electron chi connectivity index (χ1n) is 7.81. The molecule has 0 unspecified atom stereocenters. The lowest BCUT2D eigenvalue weighted by molar-refractivity contribution is 0.277. The molecule has 122 valence electrons. The molecule has 2 aromatic heterocycles. The van der Waals surface area contributed by atoms with E-state index in [4.69, 9.17) is 12.2 Å². The summed E-state index contributed by atoms with van der Waals surface area (Å²) in [6, 6.07) is 8.44. The smallest absolute Gasteiger partial charge is 0.170 e. The van der Waals surface area contributed by atoms with E-state index in [0.717, 1.165) is 23.9 Å². The minimum atomic E-state index is 0.0771. The van der Waals surface area contributed by atoms with Crippen molar-refractivity contribution in [3.8, 4) is 0 Å². The topological polar surface area (TPSA) is 36.3 Å². The van der Waals surface area contributed by atoms with Gasteiger partial charge in [0, 0.05) is 38.7 Å². The van der Waals surface area contributed by atoms with Crippen molar-refractivity contribution in [3.05, 3.63) is 54.1 Å². The highest BCUT2D eigenvalue weighted by atomic mass is 32.1. The molecule has 6 heteroatoms. The number of hydrogen-bond donors (Lipinski definition) is 1. The van der Waals surface area contributed by atoms with Gasteiger partial charge in [-0.15, -0.1) is 0 Å². The highest BCUT2D eigenvalue weighted by Crippen LogP contribution is 2.38. The maximum atomic E-state index is 5.62. The highest BCUT2D eigenvalue weighted by molar-refractivity contribution is 7.80. The van der Waals surface area contributed by atoms with Crippen molar-refractivity contribution < 1.29 is 0 Å². The lowest BCUT2D eigenvalue weighted by atomic mass is 9.99. The number of hydrogen-bond acceptors (Lipinski definition) is 3. The Morgan fingerprint density at radius 1 is 1.30 bits per heavy atom. The molecule has 1 fully saturated rings. The second kappa shape index (κ2) is 6.68. The standard InChI is InChI=1S/C17H23N5S/c1-20(2)10-11-22-16(13-7-9-21(3)12-13)15(19-17(22)23)14-6-4-5-8-18-14/h4-9,12,15-16H,10-11H2,1-3H3,(H,19,23)/t15-,16+/m0/s1. The van der Waals surface area contributed by atoms with E-state index in [2.05, 4.69) is 63.3 Å². The third-order valence-electron chi connectivity index (χ3n) is 4.18. The van der Waals surface area contributed by atoms with Crippen molar-refractivity contribution in [1.82, 2.24) is 24.7 Å². The molecule has 0 amide bonds. The zero-order chi connectivity index (χ0) is 16.4. The van der Waals surface area contributed by atoms with Gasteiger partial charge in [0.15, 0.2) is 5.11 Å². The Kier molecular flexibility index (Phi) is 4.63. The number of nitrogens with zero attached hydrogens (tertiary/aromatic N) is 4. The highest BCUT2D eigenvalue weighted by Gasteiger charge is 2.39. The van der Waals surface area contributed by atoms with E-state index in [-0.39, 0.29) is 12.1 Å². The first-order valence-corrected chi connectivity index (χ1v) is 8.22. The predicted octanol–water partition coefficient (Wildman–Crippen LogP) is 1.95. The van der Waals surface area contributed by atoms with E-state index in [1.165, 1.54) is 5.56 Å². The van der Waals surface area contributed by atoms with E-state index in [1.807, 2.05) is 25.4 Å². The van der Waals surface area contributed by atoms with Gasteiger partial charge in [-0.2, -0.15) is 0 Å². The maximum Gasteiger partial charge on any atom is 0.170 e. The van der Waals surface area contributed by atoms with Crippen LogP contribution >= 0.6 is 12.2 Å². The van der Waals surface area contributed by atoms with Crippen LogP contribution in [-0.4, -0.2) is 51.6 Å². The fraction of sp³-hybridized carbons (Fsp3) is 0.412. The Balaban J connectivity index is 1.94. The van der Waals surface area contributed by atoms with E-state index in [0.29, 0.717) is 0 Å². The lowest BCUT2D eigenvalue weighted by Gasteiger charge is -2.28. The van der Waals surface area contributed by atoms with Crippen molar-refractivity contribution >= 4 is 17.3 Å². The molecule has 3 heterocycles. The van der Waals surface area contributed by atoms with E-state index >= 15 is 0 Å². The second-order valence-electron chi connectivity index (χ2n) is 6.23. The summed E-state index contributed by atoms with van der Waals surface area (Å²) in [6.45, 7) is 1.85. The van der Waals surface area contributed by atoms with Gasteiger partial charge >= 0.3 is 0 Å². The molecule has 1 saturated heterocycles. The van der Waals surface area contributed by atoms with Crippen molar-refractivity contribution in [2.24, 2.45) is 7.05 Å². The van der Waals surface area contributed by atoms with Crippen LogP contribution in [0.15, 0.2) is 42.9 Å². The van der Waals surface area contributed by atoms with Gasteiger partial charge in [0.05, 0.1) is 17.8 Å². The first-order chi connectivity index (χ1) is 11.1. The zero-order valence-corrected chi connectivity index (χ0v) is 14.6. The van der Waals surface area contributed by atoms with Crippen molar-refractivity contribution in [3.63, 3.8) is 0 Å². The molecule has 0 aromatic carbocycles. The van der Waals surface area contributed by atoms with E-state index < -0.39 is 0 Å². The van der Waals surface area contributed by atoms with Crippen LogP contribution < -0.4 is 5.32 Å². The molecule has 1 aliphatic heterocycles. The van der Waals surface area contributed by atoms with Gasteiger partial charge in [-0.05, 0) is 50.1 Å². The van der Waals surface area contributed by atoms with Gasteiger partial charge in [0.25, 0.3) is 0 Å². The Hall–Kier alpha value is -1.92. The molecule has 2 atom stereocenters. The number of rotatable bonds is 5. The third kappa shape index (κ3) is 3.38. The van der Waals surface area contributed by atoms with E-state index in [9.17, 15) is 0 Å². The number of pyridine rings is 1. The molecule has 0 bridgehead atoms. The minimum absolute atomic E-state index is 0.0771. The van der Waals surface area contributed by atoms with Crippen molar-refractivity contribution in [2.45, 2.75) is 12.1 Å². The SMILES string of the molecule is CN(C)CCN1C(=S)N[C@@H](c2ccccn2)[C@H]1c1ccn(C)c1. The molecule has 5 nitrogen and oxygen atoms in total. The molecular weight excluding hydrogens is 306 g/mol. The van der Waals surface area contributed by atoms with Crippen LogP contribution in [0.1, 0.15) is 23.3 Å². The van der Waals surface area contributed by atoms with Gasteiger partial charge in [-0.3, -0.25) is 4.98 Å². The molecule has 3 rings (SSSR count). The molecule has 1 aliphatic rings. The molecule has 0 spiro atoms. The van der Waals surface area contributed by atoms with Crippen LogP contribution in [0.5, 0.6) is 0 Å². The number of aromatic nitrogens is 2. The first kappa shape index (κ1) is 16.0. The van der Waals surface area contributed by atoms with Gasteiger partial charge < -0.3 is 19.7 Å². The average molecular weight is 329 g/mol. The Morgan fingerprint density at radius 3 is 2.74 bits per heavy atom. The maximum absolute atomic E-state index is 5.62. The molecule has 2 aromatic rings. The third-order valence-corrected chi connectivity index (χ3v) is 4.53. The largest absolute Gasteiger partial charge is 0.357 e. The monoisotopic (exact) mass is 329 g/mol. The van der Waals surface area contributed by atoms with Crippen LogP contribution in [0.25, 0.3) is 0 Å². The van der Waals surface area contributed by atoms with Gasteiger partial charge in [0.2, 0.25) is 0 Å². The number of aryl methyl sites for hydroxylation is 1. The quantitative estimate of drug-likeness (QED) is 0.849. The van der Waals surface area contributed by atoms with Crippen LogP contribution in [0.3, 0.4) is 0 Å². The van der Waals surface area contributed by atoms with E-state index in [1.54, 1.807) is 0 Å². The van der Waals surface area contributed by atoms with Crippen LogP contribution in [0.4, 0.5) is 0 Å². The molecule has 23 heavy (non-hydrogen) atoms. The summed E-state index contributed by atoms with van der Waals surface area (Å²) in [7, 11) is 6.21. The fourth-order valence-corrected chi connectivity index (χ4v) is 3.35. The summed E-state index contributed by atoms with van der Waals surface area (Å²) < 4.78 is 2.08. The predicted molar refractivity (Wildman–Crippen MR) is 96.1 cm³/mol. The summed E-state index contributed by atoms with van der Waals surface area (Å²) in [5, 5.41) is 4.27. The normalized spacial score (nSPS) is 21.0. The average Bonchev–Trinajstić information content (AvgIpc) is 3.09. The summed E-state index contributed by atoms with van der Waals surface area (Å²) in [5.74, 6) is 0. The Bertz CT molecular complexity index is 667. The van der Waals surface area contributed by atoms with Crippen molar-refractivity contribution in [2.75, 3.05) is 27.2 Å². The molecule has 0 radical (unpaired) electrons. The minimum Gasteiger partial charge on any atom is -0.357 e. The number of nitrogens with one attached hydrogen (secondary N) is 1. The molecule has 1 N–H and O–H groups in total. The molecule has 0 aliphatic carbocycles. The van der Waals surface area contributed by atoms with Gasteiger partial charge in [-0.1, -0.05) is 6.07 Å². The number of thiocarbonyl (C=S) groups is 1. The summed E-state index contributed by atoms with van der Waals surface area (Å²) in [4.78, 5) is 9.00. The fourth-order valence-electron chi connectivity index (χ4n) is 3.02. The summed E-state index contributed by atoms with van der Waals surface area (Å²) >= 11 is 5.62. The Labute approximate surface area is 142 Å². The van der Waals surface area contributed by atoms with Gasteiger partial charge in [0.1, 0.15) is 0 Å². The van der Waals surface area contributed by atoms with Crippen LogP contribution in [0.2, 0.25) is 0 Å². The summed E-state index contributed by atoms with van der Waals surface area (Å²) in [6.07, 6.45) is 6.08. The van der Waals surface area contributed by atoms with Crippen LogP contribution in [0, 0.1) is 0 Å². The number of likely N-dealkylation sites (N-methyl/N-ethyl adjacent to an activating group) is 1. The zero-order valence-electron chi connectivity index (χ0n) is 13.8. The van der Waals surface area contributed by atoms with Crippen molar-refractivity contribution in [1.29, 1.82) is 0 Å². The Morgan fingerprint density at radius 2 is 2.13 bits per heavy atom.